The van der Waals surface area contributed by atoms with Gasteiger partial charge in [0.05, 0.1) is 6.54 Å². The highest BCUT2D eigenvalue weighted by atomic mass is 15.6. The van der Waals surface area contributed by atoms with Gasteiger partial charge in [-0.1, -0.05) is 36.9 Å². The third-order valence-electron chi connectivity index (χ3n) is 2.28. The summed E-state index contributed by atoms with van der Waals surface area (Å²) in [5.74, 6) is 0.642. The summed E-state index contributed by atoms with van der Waals surface area (Å²) in [6.45, 7) is 5.27. The molecule has 17 heavy (non-hydrogen) atoms. The van der Waals surface area contributed by atoms with Crippen LogP contribution in [0.15, 0.2) is 42.5 Å². The maximum Gasteiger partial charge on any atom is 0.204 e. The Kier molecular flexibility index (Phi) is 3.62. The lowest BCUT2D eigenvalue weighted by atomic mass is 10.2. The van der Waals surface area contributed by atoms with Crippen LogP contribution in [-0.4, -0.2) is 33.8 Å². The van der Waals surface area contributed by atoms with Crippen molar-refractivity contribution < 1.29 is 0 Å². The van der Waals surface area contributed by atoms with E-state index in [2.05, 4.69) is 27.3 Å². The molecule has 0 atom stereocenters. The Hall–Kier alpha value is -2.01. The molecule has 2 rings (SSSR count). The van der Waals surface area contributed by atoms with Crippen molar-refractivity contribution in [3.8, 4) is 11.4 Å². The summed E-state index contributed by atoms with van der Waals surface area (Å²) in [4.78, 5) is 1.56. The average Bonchev–Trinajstić information content (AvgIpc) is 2.79. The maximum absolute atomic E-state index is 4.31. The molecule has 5 nitrogen and oxygen atoms in total. The standard InChI is InChI=1S/C12H15N5/c1-10(8-13-2)9-17-15-12(14-16-17)11-6-4-3-5-7-11/h3-7,13H,1,8-9H2,2H3. The van der Waals surface area contributed by atoms with Crippen LogP contribution in [-0.2, 0) is 6.54 Å². The molecule has 0 aliphatic carbocycles. The number of rotatable bonds is 5. The fourth-order valence-electron chi connectivity index (χ4n) is 1.52. The van der Waals surface area contributed by atoms with E-state index in [1.54, 1.807) is 4.80 Å². The van der Waals surface area contributed by atoms with Crippen molar-refractivity contribution >= 4 is 0 Å². The van der Waals surface area contributed by atoms with Crippen LogP contribution in [0.4, 0.5) is 0 Å². The van der Waals surface area contributed by atoms with Gasteiger partial charge in [-0.05, 0) is 17.8 Å². The minimum absolute atomic E-state index is 0.584. The quantitative estimate of drug-likeness (QED) is 0.780. The van der Waals surface area contributed by atoms with E-state index >= 15 is 0 Å². The summed E-state index contributed by atoms with van der Waals surface area (Å²) >= 11 is 0. The van der Waals surface area contributed by atoms with Crippen LogP contribution in [0.1, 0.15) is 0 Å². The molecule has 0 aliphatic rings. The van der Waals surface area contributed by atoms with Gasteiger partial charge in [0.1, 0.15) is 0 Å². The van der Waals surface area contributed by atoms with Crippen molar-refractivity contribution in [2.45, 2.75) is 6.54 Å². The molecule has 0 spiro atoms. The third kappa shape index (κ3) is 2.98. The molecule has 0 unspecified atom stereocenters. The second kappa shape index (κ2) is 5.36. The van der Waals surface area contributed by atoms with E-state index in [1.807, 2.05) is 37.4 Å². The Morgan fingerprint density at radius 1 is 1.35 bits per heavy atom. The highest BCUT2D eigenvalue weighted by Gasteiger charge is 2.05. The van der Waals surface area contributed by atoms with Crippen LogP contribution in [0.2, 0.25) is 0 Å². The molecule has 1 heterocycles. The minimum atomic E-state index is 0.584. The molecule has 1 aromatic heterocycles. The molecule has 0 fully saturated rings. The van der Waals surface area contributed by atoms with E-state index in [4.69, 9.17) is 0 Å². The Labute approximate surface area is 100 Å². The van der Waals surface area contributed by atoms with Crippen LogP contribution >= 0.6 is 0 Å². The first-order valence-corrected chi connectivity index (χ1v) is 5.44. The van der Waals surface area contributed by atoms with Crippen molar-refractivity contribution in [2.75, 3.05) is 13.6 Å². The van der Waals surface area contributed by atoms with Gasteiger partial charge < -0.3 is 5.32 Å². The van der Waals surface area contributed by atoms with Crippen LogP contribution < -0.4 is 5.32 Å². The number of nitrogens with zero attached hydrogens (tertiary/aromatic N) is 4. The highest BCUT2D eigenvalue weighted by Crippen LogP contribution is 2.11. The molecule has 0 radical (unpaired) electrons. The minimum Gasteiger partial charge on any atom is -0.316 e. The normalized spacial score (nSPS) is 10.4. The van der Waals surface area contributed by atoms with Crippen molar-refractivity contribution in [3.63, 3.8) is 0 Å². The van der Waals surface area contributed by atoms with Gasteiger partial charge in [-0.3, -0.25) is 0 Å². The molecule has 88 valence electrons. The highest BCUT2D eigenvalue weighted by molar-refractivity contribution is 5.52. The lowest BCUT2D eigenvalue weighted by molar-refractivity contribution is 0.557. The van der Waals surface area contributed by atoms with Crippen molar-refractivity contribution in [1.29, 1.82) is 0 Å². The van der Waals surface area contributed by atoms with Gasteiger partial charge in [0, 0.05) is 12.1 Å². The smallest absolute Gasteiger partial charge is 0.204 e. The molecule has 0 amide bonds. The van der Waals surface area contributed by atoms with Crippen molar-refractivity contribution in [3.05, 3.63) is 42.5 Å². The topological polar surface area (TPSA) is 55.6 Å². The van der Waals surface area contributed by atoms with E-state index in [0.717, 1.165) is 17.7 Å². The summed E-state index contributed by atoms with van der Waals surface area (Å²) in [7, 11) is 1.88. The lowest BCUT2D eigenvalue weighted by Gasteiger charge is -2.02. The first kappa shape index (κ1) is 11.5. The number of benzene rings is 1. The molecule has 1 aromatic carbocycles. The molecule has 0 bridgehead atoms. The van der Waals surface area contributed by atoms with Gasteiger partial charge in [0.15, 0.2) is 0 Å². The zero-order chi connectivity index (χ0) is 12.1. The van der Waals surface area contributed by atoms with Gasteiger partial charge in [-0.15, -0.1) is 10.2 Å². The van der Waals surface area contributed by atoms with E-state index in [9.17, 15) is 0 Å². The first-order valence-electron chi connectivity index (χ1n) is 5.44. The zero-order valence-corrected chi connectivity index (χ0v) is 9.80. The maximum atomic E-state index is 4.31. The summed E-state index contributed by atoms with van der Waals surface area (Å²) in [5, 5.41) is 15.4. The van der Waals surface area contributed by atoms with E-state index < -0.39 is 0 Å². The summed E-state index contributed by atoms with van der Waals surface area (Å²) in [5.41, 5.74) is 1.99. The van der Waals surface area contributed by atoms with E-state index in [0.29, 0.717) is 12.4 Å². The van der Waals surface area contributed by atoms with E-state index in [1.165, 1.54) is 0 Å². The summed E-state index contributed by atoms with van der Waals surface area (Å²) in [6.07, 6.45) is 0. The molecule has 5 heteroatoms. The molecule has 0 saturated heterocycles. The molecule has 2 aromatic rings. The van der Waals surface area contributed by atoms with Crippen LogP contribution in [0.3, 0.4) is 0 Å². The summed E-state index contributed by atoms with van der Waals surface area (Å²) in [6, 6.07) is 9.79. The fraction of sp³-hybridized carbons (Fsp3) is 0.250. The van der Waals surface area contributed by atoms with Gasteiger partial charge in [-0.25, -0.2) is 0 Å². The number of tetrazole rings is 1. The van der Waals surface area contributed by atoms with Gasteiger partial charge >= 0.3 is 0 Å². The Morgan fingerprint density at radius 2 is 2.12 bits per heavy atom. The third-order valence-corrected chi connectivity index (χ3v) is 2.28. The number of likely N-dealkylation sites (N-methyl/N-ethyl adjacent to an activating group) is 1. The SMILES string of the molecule is C=C(CNC)Cn1nnc(-c2ccccc2)n1. The fourth-order valence-corrected chi connectivity index (χ4v) is 1.52. The van der Waals surface area contributed by atoms with Crippen molar-refractivity contribution in [1.82, 2.24) is 25.5 Å². The average molecular weight is 229 g/mol. The zero-order valence-electron chi connectivity index (χ0n) is 9.80. The molecular weight excluding hydrogens is 214 g/mol. The molecule has 0 aliphatic heterocycles. The number of hydrogen-bond donors (Lipinski definition) is 1. The first-order chi connectivity index (χ1) is 8.29. The Balaban J connectivity index is 2.09. The second-order valence-electron chi connectivity index (χ2n) is 3.79. The van der Waals surface area contributed by atoms with Crippen molar-refractivity contribution in [2.24, 2.45) is 0 Å². The largest absolute Gasteiger partial charge is 0.316 e. The predicted octanol–water partition coefficient (Wildman–Crippen LogP) is 1.12. The van der Waals surface area contributed by atoms with Crippen LogP contribution in [0, 0.1) is 0 Å². The second-order valence-corrected chi connectivity index (χ2v) is 3.79. The molecule has 0 saturated carbocycles. The van der Waals surface area contributed by atoms with E-state index in [-0.39, 0.29) is 0 Å². The number of aromatic nitrogens is 4. The molecular formula is C12H15N5. The van der Waals surface area contributed by atoms with Crippen LogP contribution in [0.5, 0.6) is 0 Å². The molecule has 1 N–H and O–H groups in total. The van der Waals surface area contributed by atoms with Crippen LogP contribution in [0.25, 0.3) is 11.4 Å². The Bertz CT molecular complexity index is 489. The number of hydrogen-bond acceptors (Lipinski definition) is 4. The lowest BCUT2D eigenvalue weighted by Crippen LogP contribution is -2.15. The summed E-state index contributed by atoms with van der Waals surface area (Å²) < 4.78 is 0. The van der Waals surface area contributed by atoms with Gasteiger partial charge in [-0.2, -0.15) is 4.80 Å². The number of nitrogens with one attached hydrogen (secondary N) is 1. The Morgan fingerprint density at radius 3 is 2.82 bits per heavy atom. The van der Waals surface area contributed by atoms with Gasteiger partial charge in [0.25, 0.3) is 0 Å². The predicted molar refractivity (Wildman–Crippen MR) is 66.3 cm³/mol. The monoisotopic (exact) mass is 229 g/mol. The van der Waals surface area contributed by atoms with Gasteiger partial charge in [0.2, 0.25) is 5.82 Å².